The predicted molar refractivity (Wildman–Crippen MR) is 91.9 cm³/mol. The second-order valence-corrected chi connectivity index (χ2v) is 6.15. The molecule has 6 heteroatoms. The summed E-state index contributed by atoms with van der Waals surface area (Å²) in [5.74, 6) is -0.437. The zero-order valence-electron chi connectivity index (χ0n) is 14.2. The average molecular weight is 339 g/mol. The Morgan fingerprint density at radius 1 is 1.40 bits per heavy atom. The molecule has 1 saturated heterocycles. The highest BCUT2D eigenvalue weighted by molar-refractivity contribution is 5.88. The van der Waals surface area contributed by atoms with Gasteiger partial charge in [0.15, 0.2) is 0 Å². The molecule has 1 fully saturated rings. The van der Waals surface area contributed by atoms with Crippen LogP contribution in [0.2, 0.25) is 0 Å². The van der Waals surface area contributed by atoms with E-state index < -0.39 is 5.97 Å². The molecule has 25 heavy (non-hydrogen) atoms. The lowest BCUT2D eigenvalue weighted by Crippen LogP contribution is -2.44. The van der Waals surface area contributed by atoms with E-state index in [0.29, 0.717) is 17.9 Å². The summed E-state index contributed by atoms with van der Waals surface area (Å²) in [6.07, 6.45) is 1.46. The monoisotopic (exact) mass is 339 g/mol. The number of nitriles is 1. The van der Waals surface area contributed by atoms with Crippen LogP contribution >= 0.6 is 0 Å². The van der Waals surface area contributed by atoms with Crippen molar-refractivity contribution in [2.45, 2.75) is 12.6 Å². The van der Waals surface area contributed by atoms with Gasteiger partial charge in [-0.2, -0.15) is 5.26 Å². The number of rotatable bonds is 5. The second kappa shape index (κ2) is 7.97. The van der Waals surface area contributed by atoms with Crippen molar-refractivity contribution in [3.05, 3.63) is 59.4 Å². The van der Waals surface area contributed by atoms with Crippen molar-refractivity contribution >= 4 is 5.97 Å². The summed E-state index contributed by atoms with van der Waals surface area (Å²) in [6.45, 7) is 3.27. The molecule has 3 rings (SSSR count). The van der Waals surface area contributed by atoms with Crippen LogP contribution in [-0.4, -0.2) is 47.8 Å². The van der Waals surface area contributed by atoms with Gasteiger partial charge in [-0.3, -0.25) is 4.90 Å². The lowest BCUT2D eigenvalue weighted by atomic mass is 10.2. The van der Waals surface area contributed by atoms with E-state index in [2.05, 4.69) is 17.0 Å². The molecular weight excluding hydrogens is 318 g/mol. The molecule has 2 heterocycles. The molecule has 1 aromatic carbocycles. The number of benzene rings is 1. The zero-order chi connectivity index (χ0) is 17.6. The summed E-state index contributed by atoms with van der Waals surface area (Å²) in [4.78, 5) is 14.5. The Hall–Kier alpha value is -2.62. The molecule has 2 aromatic rings. The number of hydrogen-bond acceptors (Lipinski definition) is 5. The van der Waals surface area contributed by atoms with E-state index in [1.54, 1.807) is 17.8 Å². The van der Waals surface area contributed by atoms with E-state index in [-0.39, 0.29) is 12.7 Å². The third-order valence-corrected chi connectivity index (χ3v) is 4.22. The van der Waals surface area contributed by atoms with Crippen LogP contribution in [-0.2, 0) is 23.1 Å². The van der Waals surface area contributed by atoms with E-state index in [1.165, 1.54) is 11.6 Å². The SMILES string of the molecule is Cn1cc(C#N)cc1C(=O)OC[C@H]1CN(Cc2ccccc2)CCO1. The number of nitrogens with zero attached hydrogens (tertiary/aromatic N) is 3. The van der Waals surface area contributed by atoms with Crippen LogP contribution < -0.4 is 0 Å². The molecule has 0 radical (unpaired) electrons. The molecule has 0 spiro atoms. The number of ether oxygens (including phenoxy) is 2. The molecular formula is C19H21N3O3. The van der Waals surface area contributed by atoms with Gasteiger partial charge in [0.2, 0.25) is 0 Å². The second-order valence-electron chi connectivity index (χ2n) is 6.15. The number of esters is 1. The third-order valence-electron chi connectivity index (χ3n) is 4.22. The van der Waals surface area contributed by atoms with Gasteiger partial charge in [0.25, 0.3) is 0 Å². The predicted octanol–water partition coefficient (Wildman–Crippen LogP) is 1.95. The number of carbonyl (C=O) groups is 1. The van der Waals surface area contributed by atoms with Crippen LogP contribution in [0.25, 0.3) is 0 Å². The van der Waals surface area contributed by atoms with Crippen molar-refractivity contribution in [1.82, 2.24) is 9.47 Å². The van der Waals surface area contributed by atoms with Gasteiger partial charge in [-0.15, -0.1) is 0 Å². The number of aromatic nitrogens is 1. The van der Waals surface area contributed by atoms with Crippen molar-refractivity contribution in [2.24, 2.45) is 7.05 Å². The first-order valence-corrected chi connectivity index (χ1v) is 8.27. The zero-order valence-corrected chi connectivity index (χ0v) is 14.2. The van der Waals surface area contributed by atoms with Gasteiger partial charge in [-0.1, -0.05) is 30.3 Å². The fraction of sp³-hybridized carbons (Fsp3) is 0.368. The van der Waals surface area contributed by atoms with Gasteiger partial charge in [-0.05, 0) is 11.6 Å². The first-order valence-electron chi connectivity index (χ1n) is 8.27. The molecule has 0 bridgehead atoms. The maximum Gasteiger partial charge on any atom is 0.355 e. The Morgan fingerprint density at radius 3 is 2.92 bits per heavy atom. The van der Waals surface area contributed by atoms with Crippen LogP contribution in [0.1, 0.15) is 21.6 Å². The Morgan fingerprint density at radius 2 is 2.20 bits per heavy atom. The maximum atomic E-state index is 12.2. The van der Waals surface area contributed by atoms with Crippen molar-refractivity contribution in [3.63, 3.8) is 0 Å². The minimum Gasteiger partial charge on any atom is -0.458 e. The van der Waals surface area contributed by atoms with Gasteiger partial charge in [-0.25, -0.2) is 4.79 Å². The Balaban J connectivity index is 1.51. The Labute approximate surface area is 147 Å². The molecule has 0 saturated carbocycles. The molecule has 0 unspecified atom stereocenters. The van der Waals surface area contributed by atoms with E-state index >= 15 is 0 Å². The van der Waals surface area contributed by atoms with Crippen LogP contribution in [0.4, 0.5) is 0 Å². The van der Waals surface area contributed by atoms with Gasteiger partial charge in [0.1, 0.15) is 24.5 Å². The first kappa shape index (κ1) is 17.2. The third kappa shape index (κ3) is 4.47. The molecule has 1 aliphatic heterocycles. The molecule has 130 valence electrons. The molecule has 0 N–H and O–H groups in total. The number of hydrogen-bond donors (Lipinski definition) is 0. The molecule has 6 nitrogen and oxygen atoms in total. The van der Waals surface area contributed by atoms with Crippen LogP contribution in [0.15, 0.2) is 42.6 Å². The molecule has 1 aromatic heterocycles. The van der Waals surface area contributed by atoms with Gasteiger partial charge in [0, 0.05) is 32.9 Å². The highest BCUT2D eigenvalue weighted by atomic mass is 16.6. The highest BCUT2D eigenvalue weighted by Gasteiger charge is 2.23. The van der Waals surface area contributed by atoms with Gasteiger partial charge in [0.05, 0.1) is 12.2 Å². The van der Waals surface area contributed by atoms with E-state index in [9.17, 15) is 4.79 Å². The summed E-state index contributed by atoms with van der Waals surface area (Å²) in [7, 11) is 1.72. The van der Waals surface area contributed by atoms with Crippen LogP contribution in [0.3, 0.4) is 0 Å². The van der Waals surface area contributed by atoms with E-state index in [1.807, 2.05) is 24.3 Å². The number of morpholine rings is 1. The fourth-order valence-corrected chi connectivity index (χ4v) is 2.94. The van der Waals surface area contributed by atoms with Gasteiger partial charge < -0.3 is 14.0 Å². The summed E-state index contributed by atoms with van der Waals surface area (Å²) in [5.41, 5.74) is 2.07. The van der Waals surface area contributed by atoms with Crippen LogP contribution in [0.5, 0.6) is 0 Å². The van der Waals surface area contributed by atoms with E-state index in [0.717, 1.165) is 19.6 Å². The Bertz CT molecular complexity index is 764. The lowest BCUT2D eigenvalue weighted by Gasteiger charge is -2.32. The van der Waals surface area contributed by atoms with E-state index in [4.69, 9.17) is 14.7 Å². The summed E-state index contributed by atoms with van der Waals surface area (Å²) in [6, 6.07) is 13.8. The van der Waals surface area contributed by atoms with Crippen molar-refractivity contribution in [3.8, 4) is 6.07 Å². The Kier molecular flexibility index (Phi) is 5.49. The molecule has 0 aliphatic carbocycles. The minimum atomic E-state index is -0.437. The topological polar surface area (TPSA) is 67.5 Å². The average Bonchev–Trinajstić information content (AvgIpc) is 3.02. The molecule has 1 aliphatic rings. The standard InChI is InChI=1S/C19H21N3O3/c1-21-11-16(10-20)9-18(21)19(23)25-14-17-13-22(7-8-24-17)12-15-5-3-2-4-6-15/h2-6,9,11,17H,7-8,12-14H2,1H3/t17-/m1/s1. The van der Waals surface area contributed by atoms with Crippen molar-refractivity contribution < 1.29 is 14.3 Å². The number of carbonyl (C=O) groups excluding carboxylic acids is 1. The fourth-order valence-electron chi connectivity index (χ4n) is 2.94. The van der Waals surface area contributed by atoms with Crippen molar-refractivity contribution in [2.75, 3.05) is 26.3 Å². The highest BCUT2D eigenvalue weighted by Crippen LogP contribution is 2.12. The first-order chi connectivity index (χ1) is 12.2. The summed E-state index contributed by atoms with van der Waals surface area (Å²) < 4.78 is 12.7. The lowest BCUT2D eigenvalue weighted by molar-refractivity contribution is -0.0614. The summed E-state index contributed by atoms with van der Waals surface area (Å²) in [5, 5.41) is 8.90. The van der Waals surface area contributed by atoms with Crippen LogP contribution in [0, 0.1) is 11.3 Å². The van der Waals surface area contributed by atoms with Gasteiger partial charge >= 0.3 is 5.97 Å². The maximum absolute atomic E-state index is 12.2. The smallest absolute Gasteiger partial charge is 0.355 e. The van der Waals surface area contributed by atoms with Crippen molar-refractivity contribution in [1.29, 1.82) is 5.26 Å². The largest absolute Gasteiger partial charge is 0.458 e. The minimum absolute atomic E-state index is 0.142. The number of aryl methyl sites for hydroxylation is 1. The molecule has 0 amide bonds. The molecule has 1 atom stereocenters. The summed E-state index contributed by atoms with van der Waals surface area (Å²) >= 11 is 0. The quantitative estimate of drug-likeness (QED) is 0.779. The normalized spacial score (nSPS) is 17.8.